The predicted molar refractivity (Wildman–Crippen MR) is 105 cm³/mol. The van der Waals surface area contributed by atoms with Gasteiger partial charge in [0.15, 0.2) is 0 Å². The average Bonchev–Trinajstić information content (AvgIpc) is 3.38. The Morgan fingerprint density at radius 1 is 1.14 bits per heavy atom. The monoisotopic (exact) mass is 383 g/mol. The number of nitrogens with zero attached hydrogens (tertiary/aromatic N) is 7. The quantitative estimate of drug-likeness (QED) is 0.786. The van der Waals surface area contributed by atoms with Crippen LogP contribution in [-0.4, -0.2) is 66.6 Å². The second-order valence-corrected chi connectivity index (χ2v) is 7.79. The number of rotatable bonds is 5. The van der Waals surface area contributed by atoms with E-state index in [9.17, 15) is 4.79 Å². The summed E-state index contributed by atoms with van der Waals surface area (Å²) >= 11 is 0. The Morgan fingerprint density at radius 3 is 2.57 bits per heavy atom. The molecule has 0 unspecified atom stereocenters. The maximum Gasteiger partial charge on any atom is 0.257 e. The smallest absolute Gasteiger partial charge is 0.257 e. The van der Waals surface area contributed by atoms with Crippen molar-refractivity contribution in [1.29, 1.82) is 0 Å². The van der Waals surface area contributed by atoms with Crippen LogP contribution in [0, 0.1) is 6.92 Å². The van der Waals surface area contributed by atoms with E-state index in [2.05, 4.69) is 36.6 Å². The lowest BCUT2D eigenvalue weighted by Gasteiger charge is -2.32. The number of hydrogen-bond acceptors (Lipinski definition) is 6. The molecule has 0 aliphatic carbocycles. The third-order valence-corrected chi connectivity index (χ3v) is 6.03. The number of hydrogen-bond donors (Lipinski definition) is 0. The fourth-order valence-electron chi connectivity index (χ4n) is 4.37. The minimum atomic E-state index is 0.0308. The van der Waals surface area contributed by atoms with Gasteiger partial charge in [-0.25, -0.2) is 9.97 Å². The standard InChI is InChI=1S/C20H29N7O/c1-3-27-18(13-25-8-4-5-9-25)23-24-19(27)16-6-10-26(11-7-16)20(28)17-12-21-14-22-15(17)2/h12,14,16H,3-11,13H2,1-2H3. The fourth-order valence-corrected chi connectivity index (χ4v) is 4.37. The molecule has 1 amide bonds. The summed E-state index contributed by atoms with van der Waals surface area (Å²) < 4.78 is 2.29. The van der Waals surface area contributed by atoms with Crippen LogP contribution >= 0.6 is 0 Å². The molecule has 0 radical (unpaired) electrons. The van der Waals surface area contributed by atoms with E-state index in [1.807, 2.05) is 11.8 Å². The molecule has 2 aliphatic heterocycles. The Morgan fingerprint density at radius 2 is 1.89 bits per heavy atom. The summed E-state index contributed by atoms with van der Waals surface area (Å²) in [6.07, 6.45) is 7.50. The Hall–Kier alpha value is -2.35. The number of likely N-dealkylation sites (tertiary alicyclic amines) is 2. The topological polar surface area (TPSA) is 80.0 Å². The number of aryl methyl sites for hydroxylation is 1. The molecule has 8 nitrogen and oxygen atoms in total. The Bertz CT molecular complexity index is 820. The van der Waals surface area contributed by atoms with Crippen molar-refractivity contribution in [1.82, 2.24) is 34.5 Å². The highest BCUT2D eigenvalue weighted by molar-refractivity contribution is 5.94. The van der Waals surface area contributed by atoms with Crippen LogP contribution in [0.1, 0.15) is 66.2 Å². The van der Waals surface area contributed by atoms with E-state index in [-0.39, 0.29) is 5.91 Å². The first-order valence-corrected chi connectivity index (χ1v) is 10.4. The molecule has 2 fully saturated rings. The maximum atomic E-state index is 12.8. The lowest BCUT2D eigenvalue weighted by atomic mass is 9.95. The Balaban J connectivity index is 1.41. The Kier molecular flexibility index (Phi) is 5.66. The van der Waals surface area contributed by atoms with Gasteiger partial charge in [0, 0.05) is 31.7 Å². The molecule has 4 rings (SSSR count). The van der Waals surface area contributed by atoms with Gasteiger partial charge in [-0.15, -0.1) is 10.2 Å². The molecule has 2 saturated heterocycles. The molecule has 4 heterocycles. The highest BCUT2D eigenvalue weighted by Crippen LogP contribution is 2.28. The van der Waals surface area contributed by atoms with E-state index >= 15 is 0 Å². The molecule has 8 heteroatoms. The first-order valence-electron chi connectivity index (χ1n) is 10.4. The summed E-state index contributed by atoms with van der Waals surface area (Å²) in [5.41, 5.74) is 1.34. The first kappa shape index (κ1) is 19.0. The maximum absolute atomic E-state index is 12.8. The van der Waals surface area contributed by atoms with Crippen LogP contribution in [0.15, 0.2) is 12.5 Å². The second kappa shape index (κ2) is 8.34. The van der Waals surface area contributed by atoms with Gasteiger partial charge in [0.1, 0.15) is 18.0 Å². The molecule has 2 aromatic heterocycles. The van der Waals surface area contributed by atoms with Crippen molar-refractivity contribution in [2.24, 2.45) is 0 Å². The van der Waals surface area contributed by atoms with Crippen molar-refractivity contribution in [3.63, 3.8) is 0 Å². The number of carbonyl (C=O) groups is 1. The molecule has 2 aromatic rings. The molecule has 0 N–H and O–H groups in total. The summed E-state index contributed by atoms with van der Waals surface area (Å²) in [5.74, 6) is 2.55. The minimum Gasteiger partial charge on any atom is -0.338 e. The predicted octanol–water partition coefficient (Wildman–Crippen LogP) is 2.01. The summed E-state index contributed by atoms with van der Waals surface area (Å²) in [6.45, 7) is 9.59. The molecule has 2 aliphatic rings. The third-order valence-electron chi connectivity index (χ3n) is 6.03. The fraction of sp³-hybridized carbons (Fsp3) is 0.650. The largest absolute Gasteiger partial charge is 0.338 e. The zero-order chi connectivity index (χ0) is 19.5. The molecule has 0 saturated carbocycles. The summed E-state index contributed by atoms with van der Waals surface area (Å²) in [5, 5.41) is 9.07. The van der Waals surface area contributed by atoms with Crippen LogP contribution in [-0.2, 0) is 13.1 Å². The molecule has 0 bridgehead atoms. The van der Waals surface area contributed by atoms with Gasteiger partial charge >= 0.3 is 0 Å². The van der Waals surface area contributed by atoms with Crippen LogP contribution in [0.25, 0.3) is 0 Å². The van der Waals surface area contributed by atoms with Gasteiger partial charge < -0.3 is 9.47 Å². The van der Waals surface area contributed by atoms with Crippen molar-refractivity contribution in [3.8, 4) is 0 Å². The van der Waals surface area contributed by atoms with Crippen LogP contribution in [0.5, 0.6) is 0 Å². The van der Waals surface area contributed by atoms with Gasteiger partial charge in [-0.2, -0.15) is 0 Å². The Labute approximate surface area is 166 Å². The molecule has 28 heavy (non-hydrogen) atoms. The SMILES string of the molecule is CCn1c(CN2CCCC2)nnc1C1CCN(C(=O)c2cncnc2C)CC1. The summed E-state index contributed by atoms with van der Waals surface area (Å²) in [7, 11) is 0. The van der Waals surface area contributed by atoms with Gasteiger partial charge in [0.2, 0.25) is 0 Å². The minimum absolute atomic E-state index is 0.0308. The van der Waals surface area contributed by atoms with Crippen molar-refractivity contribution in [2.45, 2.75) is 58.5 Å². The number of amides is 1. The van der Waals surface area contributed by atoms with Gasteiger partial charge in [0.05, 0.1) is 17.8 Å². The van der Waals surface area contributed by atoms with Crippen molar-refractivity contribution in [2.75, 3.05) is 26.2 Å². The molecule has 0 aromatic carbocycles. The third kappa shape index (κ3) is 3.78. The number of aromatic nitrogens is 5. The number of carbonyl (C=O) groups excluding carboxylic acids is 1. The zero-order valence-electron chi connectivity index (χ0n) is 16.8. The molecule has 0 atom stereocenters. The van der Waals surface area contributed by atoms with Crippen molar-refractivity contribution < 1.29 is 4.79 Å². The van der Waals surface area contributed by atoms with E-state index in [1.54, 1.807) is 6.20 Å². The molecular formula is C20H29N7O. The zero-order valence-corrected chi connectivity index (χ0v) is 16.8. The van der Waals surface area contributed by atoms with Crippen LogP contribution in [0.3, 0.4) is 0 Å². The normalized spacial score (nSPS) is 18.7. The second-order valence-electron chi connectivity index (χ2n) is 7.79. The lowest BCUT2D eigenvalue weighted by Crippen LogP contribution is -2.38. The van der Waals surface area contributed by atoms with E-state index in [0.29, 0.717) is 11.5 Å². The highest BCUT2D eigenvalue weighted by atomic mass is 16.2. The summed E-state index contributed by atoms with van der Waals surface area (Å²) in [6, 6.07) is 0. The highest BCUT2D eigenvalue weighted by Gasteiger charge is 2.29. The van der Waals surface area contributed by atoms with Gasteiger partial charge in [-0.1, -0.05) is 0 Å². The van der Waals surface area contributed by atoms with E-state index in [1.165, 1.54) is 19.2 Å². The van der Waals surface area contributed by atoms with Gasteiger partial charge in [-0.3, -0.25) is 9.69 Å². The average molecular weight is 384 g/mol. The molecule has 150 valence electrons. The van der Waals surface area contributed by atoms with Crippen LogP contribution in [0.2, 0.25) is 0 Å². The van der Waals surface area contributed by atoms with Crippen LogP contribution in [0.4, 0.5) is 0 Å². The van der Waals surface area contributed by atoms with Crippen molar-refractivity contribution >= 4 is 5.91 Å². The van der Waals surface area contributed by atoms with E-state index in [0.717, 1.165) is 69.5 Å². The van der Waals surface area contributed by atoms with E-state index < -0.39 is 0 Å². The molecule has 0 spiro atoms. The van der Waals surface area contributed by atoms with Crippen molar-refractivity contribution in [3.05, 3.63) is 35.4 Å². The van der Waals surface area contributed by atoms with Gasteiger partial charge in [-0.05, 0) is 52.6 Å². The first-order chi connectivity index (χ1) is 13.7. The van der Waals surface area contributed by atoms with Gasteiger partial charge in [0.25, 0.3) is 5.91 Å². The number of piperidine rings is 1. The summed E-state index contributed by atoms with van der Waals surface area (Å²) in [4.78, 5) is 25.3. The van der Waals surface area contributed by atoms with Crippen LogP contribution < -0.4 is 0 Å². The van der Waals surface area contributed by atoms with E-state index in [4.69, 9.17) is 0 Å². The molecular weight excluding hydrogens is 354 g/mol. The lowest BCUT2D eigenvalue weighted by molar-refractivity contribution is 0.0708.